The first-order chi connectivity index (χ1) is 7.24. The zero-order chi connectivity index (χ0) is 11.1. The molecule has 86 valence electrons. The van der Waals surface area contributed by atoms with Crippen molar-refractivity contribution < 1.29 is 13.2 Å². The lowest BCUT2D eigenvalue weighted by molar-refractivity contribution is 0.113. The first-order valence-corrected chi connectivity index (χ1v) is 5.05. The van der Waals surface area contributed by atoms with E-state index in [0.29, 0.717) is 6.42 Å². The predicted octanol–water partition coefficient (Wildman–Crippen LogP) is 1.94. The van der Waals surface area contributed by atoms with Crippen molar-refractivity contribution >= 4 is 0 Å². The number of halogens is 2. The largest absolute Gasteiger partial charge is 0.420 e. The molecule has 0 saturated carbocycles. The van der Waals surface area contributed by atoms with Crippen LogP contribution in [0.3, 0.4) is 0 Å². The molecule has 0 spiro atoms. The van der Waals surface area contributed by atoms with Crippen molar-refractivity contribution in [3.05, 3.63) is 11.8 Å². The van der Waals surface area contributed by atoms with Crippen LogP contribution in [0.2, 0.25) is 0 Å². The molecule has 15 heavy (non-hydrogen) atoms. The van der Waals surface area contributed by atoms with Crippen LogP contribution in [0.15, 0.2) is 4.42 Å². The Bertz CT molecular complexity index is 278. The lowest BCUT2D eigenvalue weighted by Gasteiger charge is -1.99. The SMILES string of the molecule is CCCNCCCc1nnc(C(F)F)o1. The van der Waals surface area contributed by atoms with Crippen molar-refractivity contribution in [3.8, 4) is 0 Å². The molecule has 1 rings (SSSR count). The highest BCUT2D eigenvalue weighted by molar-refractivity contribution is 4.82. The summed E-state index contributed by atoms with van der Waals surface area (Å²) in [6.45, 7) is 3.88. The van der Waals surface area contributed by atoms with Gasteiger partial charge in [-0.15, -0.1) is 10.2 Å². The summed E-state index contributed by atoms with van der Waals surface area (Å²) < 4.78 is 28.9. The molecule has 1 N–H and O–H groups in total. The predicted molar refractivity (Wildman–Crippen MR) is 50.7 cm³/mol. The van der Waals surface area contributed by atoms with Gasteiger partial charge in [0, 0.05) is 6.42 Å². The Balaban J connectivity index is 2.20. The van der Waals surface area contributed by atoms with Crippen molar-refractivity contribution in [2.45, 2.75) is 32.6 Å². The minimum Gasteiger partial charge on any atom is -0.420 e. The molecule has 0 saturated heterocycles. The first kappa shape index (κ1) is 12.0. The second-order valence-corrected chi connectivity index (χ2v) is 3.19. The highest BCUT2D eigenvalue weighted by Crippen LogP contribution is 2.16. The molecule has 0 atom stereocenters. The minimum absolute atomic E-state index is 0.281. The second-order valence-electron chi connectivity index (χ2n) is 3.19. The van der Waals surface area contributed by atoms with Crippen LogP contribution < -0.4 is 5.32 Å². The average Bonchev–Trinajstić information content (AvgIpc) is 2.66. The fourth-order valence-electron chi connectivity index (χ4n) is 1.12. The van der Waals surface area contributed by atoms with Gasteiger partial charge in [-0.25, -0.2) is 0 Å². The Morgan fingerprint density at radius 2 is 2.13 bits per heavy atom. The van der Waals surface area contributed by atoms with E-state index < -0.39 is 12.3 Å². The topological polar surface area (TPSA) is 51.0 Å². The number of hydrogen-bond donors (Lipinski definition) is 1. The molecule has 1 heterocycles. The van der Waals surface area contributed by atoms with Gasteiger partial charge in [0.2, 0.25) is 5.89 Å². The van der Waals surface area contributed by atoms with E-state index >= 15 is 0 Å². The minimum atomic E-state index is -2.68. The monoisotopic (exact) mass is 219 g/mol. The van der Waals surface area contributed by atoms with Crippen molar-refractivity contribution in [3.63, 3.8) is 0 Å². The number of rotatable bonds is 7. The van der Waals surface area contributed by atoms with Crippen molar-refractivity contribution in [2.24, 2.45) is 0 Å². The molecule has 0 aliphatic rings. The van der Waals surface area contributed by atoms with E-state index in [0.717, 1.165) is 25.9 Å². The third-order valence-corrected chi connectivity index (χ3v) is 1.84. The molecule has 0 unspecified atom stereocenters. The second kappa shape index (κ2) is 6.44. The summed E-state index contributed by atoms with van der Waals surface area (Å²) in [7, 11) is 0. The summed E-state index contributed by atoms with van der Waals surface area (Å²) in [6, 6.07) is 0. The van der Waals surface area contributed by atoms with Crippen LogP contribution in [0.4, 0.5) is 8.78 Å². The number of hydrogen-bond acceptors (Lipinski definition) is 4. The molecule has 1 aromatic rings. The molecular formula is C9H15F2N3O. The number of aromatic nitrogens is 2. The van der Waals surface area contributed by atoms with Crippen LogP contribution in [0.25, 0.3) is 0 Å². The Hall–Kier alpha value is -1.04. The van der Waals surface area contributed by atoms with Crippen LogP contribution in [0.5, 0.6) is 0 Å². The zero-order valence-corrected chi connectivity index (χ0v) is 8.67. The lowest BCUT2D eigenvalue weighted by atomic mass is 10.3. The maximum absolute atomic E-state index is 12.1. The number of aryl methyl sites for hydroxylation is 1. The molecule has 0 amide bonds. The molecule has 0 aliphatic carbocycles. The Morgan fingerprint density at radius 3 is 2.73 bits per heavy atom. The van der Waals surface area contributed by atoms with Crippen LogP contribution in [0, 0.1) is 0 Å². The summed E-state index contributed by atoms with van der Waals surface area (Å²) in [5.74, 6) is -0.310. The molecule has 0 radical (unpaired) electrons. The highest BCUT2D eigenvalue weighted by Gasteiger charge is 2.15. The first-order valence-electron chi connectivity index (χ1n) is 5.05. The molecule has 0 bridgehead atoms. The molecule has 4 nitrogen and oxygen atoms in total. The summed E-state index contributed by atoms with van der Waals surface area (Å²) in [6.07, 6.45) is -0.248. The van der Waals surface area contributed by atoms with Crippen molar-refractivity contribution in [2.75, 3.05) is 13.1 Å². The van der Waals surface area contributed by atoms with Crippen LogP contribution in [-0.4, -0.2) is 23.3 Å². The number of alkyl halides is 2. The van der Waals surface area contributed by atoms with Gasteiger partial charge in [-0.1, -0.05) is 6.92 Å². The normalized spacial score (nSPS) is 11.2. The van der Waals surface area contributed by atoms with Gasteiger partial charge in [0.05, 0.1) is 0 Å². The van der Waals surface area contributed by atoms with E-state index in [9.17, 15) is 8.78 Å². The van der Waals surface area contributed by atoms with Crippen LogP contribution >= 0.6 is 0 Å². The van der Waals surface area contributed by atoms with E-state index in [-0.39, 0.29) is 5.89 Å². The summed E-state index contributed by atoms with van der Waals surface area (Å²) in [5.41, 5.74) is 0. The quantitative estimate of drug-likeness (QED) is 0.712. The zero-order valence-electron chi connectivity index (χ0n) is 8.67. The molecule has 0 aromatic carbocycles. The van der Waals surface area contributed by atoms with Gasteiger partial charge in [0.1, 0.15) is 0 Å². The summed E-state index contributed by atoms with van der Waals surface area (Å²) in [5, 5.41) is 9.97. The number of nitrogens with zero attached hydrogens (tertiary/aromatic N) is 2. The maximum atomic E-state index is 12.1. The lowest BCUT2D eigenvalue weighted by Crippen LogP contribution is -2.16. The maximum Gasteiger partial charge on any atom is 0.314 e. The summed E-state index contributed by atoms with van der Waals surface area (Å²) >= 11 is 0. The van der Waals surface area contributed by atoms with Gasteiger partial charge in [-0.3, -0.25) is 0 Å². The molecule has 0 fully saturated rings. The fraction of sp³-hybridized carbons (Fsp3) is 0.778. The van der Waals surface area contributed by atoms with E-state index in [1.807, 2.05) is 0 Å². The van der Waals surface area contributed by atoms with E-state index in [2.05, 4.69) is 22.4 Å². The van der Waals surface area contributed by atoms with Crippen molar-refractivity contribution in [1.29, 1.82) is 0 Å². The molecule has 1 aromatic heterocycles. The van der Waals surface area contributed by atoms with Crippen LogP contribution in [-0.2, 0) is 6.42 Å². The van der Waals surface area contributed by atoms with Gasteiger partial charge >= 0.3 is 6.43 Å². The summed E-state index contributed by atoms with van der Waals surface area (Å²) in [4.78, 5) is 0. The number of nitrogens with one attached hydrogen (secondary N) is 1. The van der Waals surface area contributed by atoms with E-state index in [1.165, 1.54) is 0 Å². The van der Waals surface area contributed by atoms with Gasteiger partial charge in [0.25, 0.3) is 5.89 Å². The average molecular weight is 219 g/mol. The van der Waals surface area contributed by atoms with Gasteiger partial charge in [0.15, 0.2) is 0 Å². The third-order valence-electron chi connectivity index (χ3n) is 1.84. The highest BCUT2D eigenvalue weighted by atomic mass is 19.3. The van der Waals surface area contributed by atoms with Crippen molar-refractivity contribution in [1.82, 2.24) is 15.5 Å². The molecule has 0 aliphatic heterocycles. The fourth-order valence-corrected chi connectivity index (χ4v) is 1.12. The Kier molecular flexibility index (Phi) is 5.17. The smallest absolute Gasteiger partial charge is 0.314 e. The van der Waals surface area contributed by atoms with Crippen LogP contribution in [0.1, 0.15) is 38.0 Å². The third kappa shape index (κ3) is 4.33. The van der Waals surface area contributed by atoms with E-state index in [1.54, 1.807) is 0 Å². The molecule has 6 heteroatoms. The standard InChI is InChI=1S/C9H15F2N3O/c1-2-5-12-6-3-4-7-13-14-9(15-7)8(10)11/h8,12H,2-6H2,1H3. The van der Waals surface area contributed by atoms with Gasteiger partial charge in [-0.05, 0) is 25.9 Å². The molecular weight excluding hydrogens is 204 g/mol. The Morgan fingerprint density at radius 1 is 1.33 bits per heavy atom. The Labute approximate surface area is 87.1 Å². The van der Waals surface area contributed by atoms with Gasteiger partial charge < -0.3 is 9.73 Å². The van der Waals surface area contributed by atoms with Gasteiger partial charge in [-0.2, -0.15) is 8.78 Å². The van der Waals surface area contributed by atoms with E-state index in [4.69, 9.17) is 4.42 Å².